The number of rotatable bonds is 7. The van der Waals surface area contributed by atoms with E-state index in [1.807, 2.05) is 17.5 Å². The molecule has 2 N–H and O–H groups in total. The number of carbonyl (C=O) groups excluding carboxylic acids is 2. The number of aryl methyl sites for hydroxylation is 2. The molecular formula is C18H19N5O3S. The van der Waals surface area contributed by atoms with Gasteiger partial charge in [-0.25, -0.2) is 4.98 Å². The molecule has 0 radical (unpaired) electrons. The van der Waals surface area contributed by atoms with E-state index in [-0.39, 0.29) is 18.2 Å². The van der Waals surface area contributed by atoms with Crippen LogP contribution in [0.1, 0.15) is 24.8 Å². The number of thiazole rings is 1. The van der Waals surface area contributed by atoms with Gasteiger partial charge in [-0.3, -0.25) is 14.6 Å². The predicted molar refractivity (Wildman–Crippen MR) is 101 cm³/mol. The Morgan fingerprint density at radius 1 is 1.30 bits per heavy atom. The molecule has 0 aliphatic heterocycles. The van der Waals surface area contributed by atoms with Gasteiger partial charge in [0.2, 0.25) is 11.8 Å². The van der Waals surface area contributed by atoms with E-state index >= 15 is 0 Å². The highest BCUT2D eigenvalue weighted by Gasteiger charge is 2.17. The lowest BCUT2D eigenvalue weighted by molar-refractivity contribution is -0.126. The van der Waals surface area contributed by atoms with Crippen LogP contribution in [0.15, 0.2) is 40.5 Å². The van der Waals surface area contributed by atoms with Crippen molar-refractivity contribution < 1.29 is 14.1 Å². The molecule has 0 bridgehead atoms. The van der Waals surface area contributed by atoms with E-state index in [4.69, 9.17) is 4.52 Å². The highest BCUT2D eigenvalue weighted by molar-refractivity contribution is 7.13. The summed E-state index contributed by atoms with van der Waals surface area (Å²) in [5.41, 5.74) is 1.84. The first kappa shape index (κ1) is 18.7. The summed E-state index contributed by atoms with van der Waals surface area (Å²) in [6.45, 7) is 3.34. The van der Waals surface area contributed by atoms with Crippen LogP contribution in [0.3, 0.4) is 0 Å². The molecular weight excluding hydrogens is 366 g/mol. The first-order valence-electron chi connectivity index (χ1n) is 8.39. The molecule has 0 saturated heterocycles. The molecule has 0 saturated carbocycles. The van der Waals surface area contributed by atoms with Crippen LogP contribution in [-0.2, 0) is 16.0 Å². The summed E-state index contributed by atoms with van der Waals surface area (Å²) in [6.07, 6.45) is 4.19. The summed E-state index contributed by atoms with van der Waals surface area (Å²) < 4.78 is 4.89. The van der Waals surface area contributed by atoms with E-state index in [1.165, 1.54) is 11.3 Å². The fourth-order valence-corrected chi connectivity index (χ4v) is 3.19. The third-order valence-electron chi connectivity index (χ3n) is 3.74. The fraction of sp³-hybridized carbons (Fsp3) is 0.278. The molecule has 1 atom stereocenters. The standard InChI is InChI=1S/C18H19N5O3S/c1-11-9-15(23-26-11)22-17(25)12(2)20-16(24)4-3-14-10-27-18(21-14)13-5-7-19-8-6-13/h5-10,12H,3-4H2,1-2H3,(H,20,24)(H,22,23,25). The van der Waals surface area contributed by atoms with Crippen molar-refractivity contribution in [2.45, 2.75) is 32.7 Å². The average Bonchev–Trinajstić information content (AvgIpc) is 3.29. The predicted octanol–water partition coefficient (Wildman–Crippen LogP) is 2.58. The molecule has 27 heavy (non-hydrogen) atoms. The van der Waals surface area contributed by atoms with Gasteiger partial charge in [0.25, 0.3) is 0 Å². The smallest absolute Gasteiger partial charge is 0.247 e. The van der Waals surface area contributed by atoms with Crippen LogP contribution in [0.2, 0.25) is 0 Å². The molecule has 0 fully saturated rings. The van der Waals surface area contributed by atoms with Crippen molar-refractivity contribution in [3.05, 3.63) is 47.4 Å². The maximum absolute atomic E-state index is 12.1. The molecule has 9 heteroatoms. The van der Waals surface area contributed by atoms with Crippen LogP contribution in [0.5, 0.6) is 0 Å². The first-order valence-corrected chi connectivity index (χ1v) is 9.27. The Morgan fingerprint density at radius 3 is 2.78 bits per heavy atom. The summed E-state index contributed by atoms with van der Waals surface area (Å²) in [7, 11) is 0. The number of amides is 2. The average molecular weight is 385 g/mol. The van der Waals surface area contributed by atoms with Crippen molar-refractivity contribution >= 4 is 29.0 Å². The van der Waals surface area contributed by atoms with Gasteiger partial charge < -0.3 is 15.2 Å². The van der Waals surface area contributed by atoms with Crippen molar-refractivity contribution in [3.63, 3.8) is 0 Å². The van der Waals surface area contributed by atoms with Crippen LogP contribution in [-0.4, -0.2) is 33.0 Å². The second kappa shape index (κ2) is 8.54. The maximum atomic E-state index is 12.1. The first-order chi connectivity index (χ1) is 13.0. The van der Waals surface area contributed by atoms with Crippen LogP contribution >= 0.6 is 11.3 Å². The minimum Gasteiger partial charge on any atom is -0.360 e. The van der Waals surface area contributed by atoms with Gasteiger partial charge in [0.1, 0.15) is 16.8 Å². The van der Waals surface area contributed by atoms with E-state index in [2.05, 4.69) is 25.8 Å². The van der Waals surface area contributed by atoms with Gasteiger partial charge in [0, 0.05) is 35.8 Å². The number of carbonyl (C=O) groups is 2. The van der Waals surface area contributed by atoms with Gasteiger partial charge in [-0.2, -0.15) is 0 Å². The van der Waals surface area contributed by atoms with Crippen LogP contribution < -0.4 is 10.6 Å². The molecule has 8 nitrogen and oxygen atoms in total. The lowest BCUT2D eigenvalue weighted by Gasteiger charge is -2.12. The molecule has 140 valence electrons. The Labute approximate surface area is 160 Å². The number of nitrogens with zero attached hydrogens (tertiary/aromatic N) is 3. The molecule has 0 aliphatic rings. The molecule has 0 spiro atoms. The van der Waals surface area contributed by atoms with E-state index in [0.717, 1.165) is 16.3 Å². The molecule has 0 aromatic carbocycles. The summed E-state index contributed by atoms with van der Waals surface area (Å²) in [4.78, 5) is 32.7. The third kappa shape index (κ3) is 5.20. The minimum absolute atomic E-state index is 0.215. The number of aromatic nitrogens is 3. The van der Waals surface area contributed by atoms with Crippen molar-refractivity contribution in [2.75, 3.05) is 5.32 Å². The lowest BCUT2D eigenvalue weighted by Crippen LogP contribution is -2.41. The fourth-order valence-electron chi connectivity index (χ4n) is 2.33. The normalized spacial score (nSPS) is 11.8. The van der Waals surface area contributed by atoms with Gasteiger partial charge in [-0.1, -0.05) is 5.16 Å². The zero-order valence-corrected chi connectivity index (χ0v) is 15.7. The summed E-state index contributed by atoms with van der Waals surface area (Å²) in [6, 6.07) is 4.71. The number of anilines is 1. The minimum atomic E-state index is -0.683. The highest BCUT2D eigenvalue weighted by Crippen LogP contribution is 2.23. The van der Waals surface area contributed by atoms with Gasteiger partial charge in [0.15, 0.2) is 5.82 Å². The van der Waals surface area contributed by atoms with Gasteiger partial charge in [-0.15, -0.1) is 11.3 Å². The summed E-state index contributed by atoms with van der Waals surface area (Å²) >= 11 is 1.53. The SMILES string of the molecule is Cc1cc(NC(=O)C(C)NC(=O)CCc2csc(-c3ccncc3)n2)no1. The van der Waals surface area contributed by atoms with E-state index in [0.29, 0.717) is 18.0 Å². The second-order valence-corrected chi connectivity index (χ2v) is 6.84. The van der Waals surface area contributed by atoms with Crippen LogP contribution in [0.25, 0.3) is 10.6 Å². The van der Waals surface area contributed by atoms with Crippen LogP contribution in [0.4, 0.5) is 5.82 Å². The van der Waals surface area contributed by atoms with Crippen molar-refractivity contribution in [1.82, 2.24) is 20.4 Å². The third-order valence-corrected chi connectivity index (χ3v) is 4.68. The summed E-state index contributed by atoms with van der Waals surface area (Å²) in [5.74, 6) is 0.346. The Hall–Kier alpha value is -3.07. The van der Waals surface area contributed by atoms with E-state index in [9.17, 15) is 9.59 Å². The van der Waals surface area contributed by atoms with Crippen LogP contribution in [0, 0.1) is 6.92 Å². The topological polar surface area (TPSA) is 110 Å². The number of hydrogen-bond acceptors (Lipinski definition) is 7. The Morgan fingerprint density at radius 2 is 2.07 bits per heavy atom. The van der Waals surface area contributed by atoms with Crippen molar-refractivity contribution in [3.8, 4) is 10.6 Å². The number of hydrogen-bond donors (Lipinski definition) is 2. The quantitative estimate of drug-likeness (QED) is 0.647. The zero-order chi connectivity index (χ0) is 19.2. The van der Waals surface area contributed by atoms with Gasteiger partial charge in [-0.05, 0) is 32.4 Å². The Kier molecular flexibility index (Phi) is 5.92. The molecule has 3 rings (SSSR count). The molecule has 3 aromatic heterocycles. The molecule has 0 aliphatic carbocycles. The number of nitrogens with one attached hydrogen (secondary N) is 2. The van der Waals surface area contributed by atoms with Gasteiger partial charge >= 0.3 is 0 Å². The molecule has 3 heterocycles. The van der Waals surface area contributed by atoms with Crippen molar-refractivity contribution in [1.29, 1.82) is 0 Å². The molecule has 3 aromatic rings. The monoisotopic (exact) mass is 385 g/mol. The highest BCUT2D eigenvalue weighted by atomic mass is 32.1. The number of pyridine rings is 1. The second-order valence-electron chi connectivity index (χ2n) is 5.98. The zero-order valence-electron chi connectivity index (χ0n) is 14.9. The van der Waals surface area contributed by atoms with E-state index in [1.54, 1.807) is 32.3 Å². The lowest BCUT2D eigenvalue weighted by atomic mass is 10.2. The van der Waals surface area contributed by atoms with Gasteiger partial charge in [0.05, 0.1) is 5.69 Å². The Bertz CT molecular complexity index is 922. The summed E-state index contributed by atoms with van der Waals surface area (Å²) in [5, 5.41) is 11.8. The van der Waals surface area contributed by atoms with E-state index < -0.39 is 6.04 Å². The molecule has 2 amide bonds. The maximum Gasteiger partial charge on any atom is 0.247 e. The molecule has 1 unspecified atom stereocenters. The Balaban J connectivity index is 1.46. The van der Waals surface area contributed by atoms with Crippen molar-refractivity contribution in [2.24, 2.45) is 0 Å². The largest absolute Gasteiger partial charge is 0.360 e.